The number of rotatable bonds is 4. The second-order valence-electron chi connectivity index (χ2n) is 7.01. The van der Waals surface area contributed by atoms with Crippen LogP contribution in [0.4, 0.5) is 14.5 Å². The number of benzene rings is 1. The van der Waals surface area contributed by atoms with Crippen LogP contribution in [0.5, 0.6) is 0 Å². The Balaban J connectivity index is 1.59. The van der Waals surface area contributed by atoms with Gasteiger partial charge in [-0.3, -0.25) is 14.6 Å². The first-order chi connectivity index (χ1) is 13.4. The van der Waals surface area contributed by atoms with Gasteiger partial charge in [-0.25, -0.2) is 8.78 Å². The Kier molecular flexibility index (Phi) is 6.06. The lowest BCUT2D eigenvalue weighted by atomic mass is 10.1. The average molecular weight is 390 g/mol. The van der Waals surface area contributed by atoms with Crippen LogP contribution < -0.4 is 10.6 Å². The van der Waals surface area contributed by atoms with Crippen molar-refractivity contribution in [2.75, 3.05) is 37.6 Å². The van der Waals surface area contributed by atoms with E-state index in [1.807, 2.05) is 0 Å². The van der Waals surface area contributed by atoms with Crippen molar-refractivity contribution in [1.29, 1.82) is 0 Å². The molecule has 2 N–H and O–H groups in total. The summed E-state index contributed by atoms with van der Waals surface area (Å²) < 4.78 is 27.4. The van der Waals surface area contributed by atoms with Crippen molar-refractivity contribution in [3.63, 3.8) is 0 Å². The van der Waals surface area contributed by atoms with Crippen LogP contribution in [0.25, 0.3) is 0 Å². The minimum atomic E-state index is -0.878. The molecule has 1 aromatic rings. The number of Topliss-reactive ketones (excluding diaryl/α,β-unsaturated/α-hetero) is 1. The highest BCUT2D eigenvalue weighted by Crippen LogP contribution is 2.25. The van der Waals surface area contributed by atoms with Crippen LogP contribution in [0, 0.1) is 11.6 Å². The molecule has 1 amide bonds. The maximum absolute atomic E-state index is 13.9. The van der Waals surface area contributed by atoms with E-state index in [4.69, 9.17) is 5.73 Å². The number of nitrogens with zero attached hydrogens (tertiary/aromatic N) is 3. The summed E-state index contributed by atoms with van der Waals surface area (Å²) in [5, 5.41) is 0. The SMILES string of the molecule is CC(=O)/C(N)=C1\CCCC1=NCC(=O)N1CCN(c2cccc(F)c2F)CC1. The van der Waals surface area contributed by atoms with E-state index in [0.717, 1.165) is 23.8 Å². The number of carbonyl (C=O) groups excluding carboxylic acids is 2. The maximum Gasteiger partial charge on any atom is 0.244 e. The van der Waals surface area contributed by atoms with Gasteiger partial charge < -0.3 is 15.5 Å². The molecule has 2 fully saturated rings. The molecule has 1 aliphatic heterocycles. The minimum Gasteiger partial charge on any atom is -0.396 e. The molecule has 1 heterocycles. The first-order valence-electron chi connectivity index (χ1n) is 9.38. The zero-order chi connectivity index (χ0) is 20.3. The van der Waals surface area contributed by atoms with Crippen LogP contribution in [0.1, 0.15) is 26.2 Å². The topological polar surface area (TPSA) is 79.0 Å². The van der Waals surface area contributed by atoms with Crippen molar-refractivity contribution in [2.24, 2.45) is 10.7 Å². The van der Waals surface area contributed by atoms with Crippen LogP contribution in [-0.4, -0.2) is 55.0 Å². The standard InChI is InChI=1S/C20H24F2N4O2/c1-13(27)20(23)14-4-2-6-16(14)24-12-18(28)26-10-8-25(9-11-26)17-7-3-5-15(21)19(17)22/h3,5,7H,2,4,6,8-12,23H2,1H3/b20-14-,24-16?. The highest BCUT2D eigenvalue weighted by atomic mass is 19.2. The number of aliphatic imine (C=N–C) groups is 1. The van der Waals surface area contributed by atoms with Crippen LogP contribution in [0.3, 0.4) is 0 Å². The summed E-state index contributed by atoms with van der Waals surface area (Å²) in [6.07, 6.45) is 2.29. The molecule has 1 aliphatic carbocycles. The second kappa shape index (κ2) is 8.50. The van der Waals surface area contributed by atoms with Crippen LogP contribution in [0.2, 0.25) is 0 Å². The highest BCUT2D eigenvalue weighted by molar-refractivity contribution is 6.09. The Morgan fingerprint density at radius 3 is 2.54 bits per heavy atom. The van der Waals surface area contributed by atoms with E-state index in [2.05, 4.69) is 4.99 Å². The van der Waals surface area contributed by atoms with Crippen molar-refractivity contribution >= 4 is 23.1 Å². The van der Waals surface area contributed by atoms with Crippen molar-refractivity contribution in [2.45, 2.75) is 26.2 Å². The lowest BCUT2D eigenvalue weighted by Gasteiger charge is -2.36. The number of halogens is 2. The Hall–Kier alpha value is -2.77. The lowest BCUT2D eigenvalue weighted by molar-refractivity contribution is -0.129. The van der Waals surface area contributed by atoms with Gasteiger partial charge >= 0.3 is 0 Å². The van der Waals surface area contributed by atoms with Gasteiger partial charge in [-0.05, 0) is 37.0 Å². The predicted octanol–water partition coefficient (Wildman–Crippen LogP) is 2.04. The third-order valence-electron chi connectivity index (χ3n) is 5.20. The Labute approximate surface area is 162 Å². The minimum absolute atomic E-state index is 0.00164. The highest BCUT2D eigenvalue weighted by Gasteiger charge is 2.25. The summed E-state index contributed by atoms with van der Waals surface area (Å²) in [4.78, 5) is 31.8. The molecule has 2 aliphatic rings. The zero-order valence-electron chi connectivity index (χ0n) is 15.9. The number of ketones is 1. The van der Waals surface area contributed by atoms with E-state index >= 15 is 0 Å². The van der Waals surface area contributed by atoms with E-state index in [9.17, 15) is 18.4 Å². The number of anilines is 1. The van der Waals surface area contributed by atoms with Gasteiger partial charge in [-0.15, -0.1) is 0 Å². The summed E-state index contributed by atoms with van der Waals surface area (Å²) in [5.74, 6) is -2.05. The monoisotopic (exact) mass is 390 g/mol. The van der Waals surface area contributed by atoms with E-state index in [0.29, 0.717) is 39.0 Å². The molecule has 3 rings (SSSR count). The first-order valence-corrected chi connectivity index (χ1v) is 9.38. The van der Waals surface area contributed by atoms with Gasteiger partial charge in [-0.1, -0.05) is 6.07 Å². The number of amides is 1. The normalized spacial score (nSPS) is 20.6. The molecule has 0 atom stereocenters. The van der Waals surface area contributed by atoms with E-state index < -0.39 is 11.6 Å². The van der Waals surface area contributed by atoms with E-state index in [-0.39, 0.29) is 29.6 Å². The fourth-order valence-corrected chi connectivity index (χ4v) is 3.60. The first kappa shape index (κ1) is 20.0. The number of hydrogen-bond donors (Lipinski definition) is 1. The Morgan fingerprint density at radius 2 is 1.86 bits per heavy atom. The fraction of sp³-hybridized carbons (Fsp3) is 0.450. The Morgan fingerprint density at radius 1 is 1.14 bits per heavy atom. The van der Waals surface area contributed by atoms with Gasteiger partial charge in [0.15, 0.2) is 17.4 Å². The van der Waals surface area contributed by atoms with Crippen molar-refractivity contribution < 1.29 is 18.4 Å². The second-order valence-corrected chi connectivity index (χ2v) is 7.01. The summed E-state index contributed by atoms with van der Waals surface area (Å²) in [6.45, 7) is 3.09. The third kappa shape index (κ3) is 4.21. The zero-order valence-corrected chi connectivity index (χ0v) is 15.9. The summed E-state index contributed by atoms with van der Waals surface area (Å²) in [6, 6.07) is 4.10. The Bertz CT molecular complexity index is 843. The average Bonchev–Trinajstić information content (AvgIpc) is 3.16. The van der Waals surface area contributed by atoms with Gasteiger partial charge in [0.1, 0.15) is 6.54 Å². The predicted molar refractivity (Wildman–Crippen MR) is 103 cm³/mol. The maximum atomic E-state index is 13.9. The lowest BCUT2D eigenvalue weighted by Crippen LogP contribution is -2.49. The van der Waals surface area contributed by atoms with Crippen molar-refractivity contribution in [3.8, 4) is 0 Å². The summed E-state index contributed by atoms with van der Waals surface area (Å²) in [5.41, 5.74) is 7.79. The molecule has 0 radical (unpaired) electrons. The fourth-order valence-electron chi connectivity index (χ4n) is 3.60. The van der Waals surface area contributed by atoms with E-state index in [1.54, 1.807) is 9.80 Å². The molecule has 0 aromatic heterocycles. The van der Waals surface area contributed by atoms with Gasteiger partial charge in [0.2, 0.25) is 5.91 Å². The molecule has 0 unspecified atom stereocenters. The van der Waals surface area contributed by atoms with Gasteiger partial charge in [0.25, 0.3) is 0 Å². The molecular weight excluding hydrogens is 366 g/mol. The summed E-state index contributed by atoms with van der Waals surface area (Å²) in [7, 11) is 0. The quantitative estimate of drug-likeness (QED) is 0.798. The van der Waals surface area contributed by atoms with E-state index in [1.165, 1.54) is 19.1 Å². The molecule has 150 valence electrons. The van der Waals surface area contributed by atoms with Crippen molar-refractivity contribution in [3.05, 3.63) is 41.1 Å². The van der Waals surface area contributed by atoms with Gasteiger partial charge in [0.05, 0.1) is 11.4 Å². The molecule has 28 heavy (non-hydrogen) atoms. The number of allylic oxidation sites excluding steroid dienone is 2. The van der Waals surface area contributed by atoms with Crippen LogP contribution in [0.15, 0.2) is 34.5 Å². The molecule has 0 bridgehead atoms. The molecular formula is C20H24F2N4O2. The molecule has 1 saturated heterocycles. The smallest absolute Gasteiger partial charge is 0.244 e. The number of nitrogens with two attached hydrogens (primary N) is 1. The molecule has 8 heteroatoms. The third-order valence-corrected chi connectivity index (χ3v) is 5.20. The van der Waals surface area contributed by atoms with Gasteiger partial charge in [0, 0.05) is 38.8 Å². The van der Waals surface area contributed by atoms with Gasteiger partial charge in [-0.2, -0.15) is 0 Å². The molecule has 6 nitrogen and oxygen atoms in total. The molecule has 0 spiro atoms. The largest absolute Gasteiger partial charge is 0.396 e. The van der Waals surface area contributed by atoms with Crippen molar-refractivity contribution in [1.82, 2.24) is 4.90 Å². The number of piperazine rings is 1. The number of carbonyl (C=O) groups is 2. The molecule has 1 saturated carbocycles. The van der Waals surface area contributed by atoms with Crippen LogP contribution in [-0.2, 0) is 9.59 Å². The number of hydrogen-bond acceptors (Lipinski definition) is 5. The molecule has 1 aromatic carbocycles. The van der Waals surface area contributed by atoms with Crippen LogP contribution >= 0.6 is 0 Å². The summed E-state index contributed by atoms with van der Waals surface area (Å²) >= 11 is 0.